The summed E-state index contributed by atoms with van der Waals surface area (Å²) in [6.07, 6.45) is 3.83. The van der Waals surface area contributed by atoms with Gasteiger partial charge in [-0.1, -0.05) is 19.0 Å². The van der Waals surface area contributed by atoms with Gasteiger partial charge in [-0.15, -0.1) is 0 Å². The van der Waals surface area contributed by atoms with E-state index in [1.165, 1.54) is 6.42 Å². The maximum atomic E-state index is 4.93. The normalized spacial score (nSPS) is 15.8. The summed E-state index contributed by atoms with van der Waals surface area (Å²) in [6.45, 7) is 6.26. The molecule has 74 valence electrons. The van der Waals surface area contributed by atoms with Crippen LogP contribution in [0.15, 0.2) is 16.9 Å². The minimum Gasteiger partial charge on any atom is -0.381 e. The van der Waals surface area contributed by atoms with Crippen molar-refractivity contribution in [1.29, 1.82) is 0 Å². The van der Waals surface area contributed by atoms with Crippen molar-refractivity contribution in [3.63, 3.8) is 0 Å². The van der Waals surface area contributed by atoms with Crippen LogP contribution in [-0.2, 0) is 11.2 Å². The molecule has 2 heterocycles. The standard InChI is InChI=1S/C5H7NO.C5H10O/c1-2-5-3-4-7-6-5;1-2-5-3-6-4-5/h3-4H,2H2,1H3;5H,2-4H2,1H3. The molecule has 13 heavy (non-hydrogen) atoms. The highest BCUT2D eigenvalue weighted by Crippen LogP contribution is 2.12. The Morgan fingerprint density at radius 3 is 2.38 bits per heavy atom. The maximum Gasteiger partial charge on any atom is 0.124 e. The maximum absolute atomic E-state index is 4.93. The molecular formula is C10H17NO2. The summed E-state index contributed by atoms with van der Waals surface area (Å²) in [6, 6.07) is 1.86. The number of rotatable bonds is 2. The van der Waals surface area contributed by atoms with E-state index in [1.807, 2.05) is 13.0 Å². The van der Waals surface area contributed by atoms with Gasteiger partial charge in [-0.05, 0) is 12.8 Å². The fourth-order valence-corrected chi connectivity index (χ4v) is 0.940. The lowest BCUT2D eigenvalue weighted by molar-refractivity contribution is -0.0331. The Hall–Kier alpha value is -0.830. The average molecular weight is 183 g/mol. The van der Waals surface area contributed by atoms with Crippen LogP contribution in [0.25, 0.3) is 0 Å². The molecule has 1 fully saturated rings. The Morgan fingerprint density at radius 2 is 2.23 bits per heavy atom. The van der Waals surface area contributed by atoms with Gasteiger partial charge < -0.3 is 9.26 Å². The average Bonchev–Trinajstić information content (AvgIpc) is 2.54. The summed E-state index contributed by atoms with van der Waals surface area (Å²) >= 11 is 0. The van der Waals surface area contributed by atoms with Gasteiger partial charge in [0.05, 0.1) is 18.9 Å². The molecule has 2 rings (SSSR count). The number of hydrogen-bond donors (Lipinski definition) is 0. The number of ether oxygens (including phenoxy) is 1. The van der Waals surface area contributed by atoms with Crippen molar-refractivity contribution in [2.75, 3.05) is 13.2 Å². The molecule has 0 radical (unpaired) electrons. The van der Waals surface area contributed by atoms with Crippen LogP contribution in [0.1, 0.15) is 26.0 Å². The van der Waals surface area contributed by atoms with Crippen LogP contribution in [0.5, 0.6) is 0 Å². The van der Waals surface area contributed by atoms with Gasteiger partial charge >= 0.3 is 0 Å². The predicted octanol–water partition coefficient (Wildman–Crippen LogP) is 2.28. The van der Waals surface area contributed by atoms with Gasteiger partial charge in [-0.25, -0.2) is 0 Å². The lowest BCUT2D eigenvalue weighted by Gasteiger charge is -2.23. The van der Waals surface area contributed by atoms with Crippen LogP contribution in [0.2, 0.25) is 0 Å². The Labute approximate surface area is 79.1 Å². The van der Waals surface area contributed by atoms with Gasteiger partial charge in [0.1, 0.15) is 6.26 Å². The lowest BCUT2D eigenvalue weighted by Crippen LogP contribution is -2.26. The Balaban J connectivity index is 0.000000132. The van der Waals surface area contributed by atoms with E-state index in [-0.39, 0.29) is 0 Å². The van der Waals surface area contributed by atoms with Crippen molar-refractivity contribution >= 4 is 0 Å². The Kier molecular flexibility index (Phi) is 4.54. The summed E-state index contributed by atoms with van der Waals surface area (Å²) in [4.78, 5) is 0. The highest BCUT2D eigenvalue weighted by Gasteiger charge is 2.14. The lowest BCUT2D eigenvalue weighted by atomic mass is 10.1. The largest absolute Gasteiger partial charge is 0.381 e. The molecule has 0 spiro atoms. The Bertz CT molecular complexity index is 202. The van der Waals surface area contributed by atoms with Gasteiger partial charge in [-0.3, -0.25) is 0 Å². The first-order valence-corrected chi connectivity index (χ1v) is 4.83. The van der Waals surface area contributed by atoms with Gasteiger partial charge in [0.15, 0.2) is 0 Å². The monoisotopic (exact) mass is 183 g/mol. The van der Waals surface area contributed by atoms with Crippen molar-refractivity contribution in [2.24, 2.45) is 5.92 Å². The molecule has 1 aromatic rings. The predicted molar refractivity (Wildman–Crippen MR) is 50.5 cm³/mol. The van der Waals surface area contributed by atoms with Crippen LogP contribution >= 0.6 is 0 Å². The van der Waals surface area contributed by atoms with Crippen LogP contribution in [0.4, 0.5) is 0 Å². The first-order chi connectivity index (χ1) is 6.36. The molecule has 0 atom stereocenters. The fourth-order valence-electron chi connectivity index (χ4n) is 0.940. The molecule has 0 saturated carbocycles. The zero-order valence-electron chi connectivity index (χ0n) is 8.32. The SMILES string of the molecule is CCC1COC1.CCc1ccon1. The third-order valence-corrected chi connectivity index (χ3v) is 2.14. The second-order valence-electron chi connectivity index (χ2n) is 3.16. The molecule has 0 aromatic carbocycles. The summed E-state index contributed by atoms with van der Waals surface area (Å²) < 4.78 is 9.48. The second-order valence-corrected chi connectivity index (χ2v) is 3.16. The van der Waals surface area contributed by atoms with Crippen LogP contribution < -0.4 is 0 Å². The van der Waals surface area contributed by atoms with E-state index in [0.717, 1.165) is 31.2 Å². The highest BCUT2D eigenvalue weighted by atomic mass is 16.5. The second kappa shape index (κ2) is 5.75. The molecule has 0 aliphatic carbocycles. The van der Waals surface area contributed by atoms with E-state index < -0.39 is 0 Å². The first kappa shape index (κ1) is 10.3. The highest BCUT2D eigenvalue weighted by molar-refractivity contribution is 4.93. The number of aryl methyl sites for hydroxylation is 1. The van der Waals surface area contributed by atoms with Crippen molar-refractivity contribution in [3.8, 4) is 0 Å². The van der Waals surface area contributed by atoms with E-state index >= 15 is 0 Å². The zero-order valence-corrected chi connectivity index (χ0v) is 8.32. The smallest absolute Gasteiger partial charge is 0.124 e. The third-order valence-electron chi connectivity index (χ3n) is 2.14. The minimum atomic E-state index is 0.894. The van der Waals surface area contributed by atoms with E-state index in [4.69, 9.17) is 4.74 Å². The first-order valence-electron chi connectivity index (χ1n) is 4.83. The molecule has 0 unspecified atom stereocenters. The molecule has 0 amide bonds. The molecule has 0 bridgehead atoms. The fraction of sp³-hybridized carbons (Fsp3) is 0.700. The van der Waals surface area contributed by atoms with Crippen molar-refractivity contribution < 1.29 is 9.26 Å². The number of hydrogen-bond acceptors (Lipinski definition) is 3. The molecule has 1 aromatic heterocycles. The van der Waals surface area contributed by atoms with Gasteiger partial charge in [0.2, 0.25) is 0 Å². The van der Waals surface area contributed by atoms with E-state index in [0.29, 0.717) is 0 Å². The van der Waals surface area contributed by atoms with Crippen LogP contribution in [-0.4, -0.2) is 18.4 Å². The minimum absolute atomic E-state index is 0.894. The molecule has 1 aliphatic heterocycles. The zero-order chi connectivity index (χ0) is 9.52. The quantitative estimate of drug-likeness (QED) is 0.705. The molecule has 0 N–H and O–H groups in total. The van der Waals surface area contributed by atoms with Crippen LogP contribution in [0, 0.1) is 5.92 Å². The topological polar surface area (TPSA) is 35.3 Å². The number of nitrogens with zero attached hydrogens (tertiary/aromatic N) is 1. The molecule has 1 aliphatic rings. The van der Waals surface area contributed by atoms with Crippen molar-refractivity contribution in [2.45, 2.75) is 26.7 Å². The molecule has 3 heteroatoms. The number of aromatic nitrogens is 1. The summed E-state index contributed by atoms with van der Waals surface area (Å²) in [5.41, 5.74) is 1.01. The van der Waals surface area contributed by atoms with Gasteiger partial charge in [0.25, 0.3) is 0 Å². The van der Waals surface area contributed by atoms with Gasteiger partial charge in [0, 0.05) is 12.0 Å². The molecule has 1 saturated heterocycles. The van der Waals surface area contributed by atoms with Gasteiger partial charge in [-0.2, -0.15) is 0 Å². The summed E-state index contributed by atoms with van der Waals surface area (Å²) in [5, 5.41) is 3.66. The van der Waals surface area contributed by atoms with E-state index in [9.17, 15) is 0 Å². The van der Waals surface area contributed by atoms with Crippen LogP contribution in [0.3, 0.4) is 0 Å². The Morgan fingerprint density at radius 1 is 1.46 bits per heavy atom. The van der Waals surface area contributed by atoms with E-state index in [1.54, 1.807) is 6.26 Å². The molecular weight excluding hydrogens is 166 g/mol. The molecule has 3 nitrogen and oxygen atoms in total. The summed E-state index contributed by atoms with van der Waals surface area (Å²) in [7, 11) is 0. The van der Waals surface area contributed by atoms with E-state index in [2.05, 4.69) is 16.6 Å². The third kappa shape index (κ3) is 3.59. The summed E-state index contributed by atoms with van der Waals surface area (Å²) in [5.74, 6) is 0.894. The van der Waals surface area contributed by atoms with Crippen molar-refractivity contribution in [1.82, 2.24) is 5.16 Å². The van der Waals surface area contributed by atoms with Crippen molar-refractivity contribution in [3.05, 3.63) is 18.0 Å².